The van der Waals surface area contributed by atoms with Gasteiger partial charge in [-0.25, -0.2) is 0 Å². The van der Waals surface area contributed by atoms with Gasteiger partial charge in [0.25, 0.3) is 0 Å². The van der Waals surface area contributed by atoms with Gasteiger partial charge in [-0.3, -0.25) is 9.59 Å². The van der Waals surface area contributed by atoms with Gasteiger partial charge in [0.1, 0.15) is 6.04 Å². The molecule has 0 saturated carbocycles. The first-order valence-corrected chi connectivity index (χ1v) is 12.3. The fourth-order valence-corrected chi connectivity index (χ4v) is 4.17. The number of aryl methyl sites for hydroxylation is 1. The minimum absolute atomic E-state index is 0.0999. The lowest BCUT2D eigenvalue weighted by atomic mass is 10.0. The first kappa shape index (κ1) is 25.5. The van der Waals surface area contributed by atoms with Crippen LogP contribution in [0.3, 0.4) is 0 Å². The quantitative estimate of drug-likeness (QED) is 0.358. The monoisotopic (exact) mass is 476 g/mol. The fraction of sp³-hybridized carbons (Fsp3) is 0.310. The topological polar surface area (TPSA) is 49.4 Å². The number of carbonyl (C=O) groups is 2. The van der Waals surface area contributed by atoms with Crippen molar-refractivity contribution < 1.29 is 9.59 Å². The number of nitrogens with zero attached hydrogens (tertiary/aromatic N) is 1. The first-order valence-electron chi connectivity index (χ1n) is 11.9. The number of nitrogens with one attached hydrogen (secondary N) is 1. The zero-order chi connectivity index (χ0) is 24.3. The number of carbonyl (C=O) groups excluding carboxylic acids is 2. The van der Waals surface area contributed by atoms with Crippen molar-refractivity contribution >= 4 is 23.4 Å². The molecule has 3 aromatic rings. The highest BCUT2D eigenvalue weighted by Gasteiger charge is 2.30. The van der Waals surface area contributed by atoms with Crippen molar-refractivity contribution in [3.63, 3.8) is 0 Å². The van der Waals surface area contributed by atoms with Gasteiger partial charge in [0.2, 0.25) is 11.8 Å². The van der Waals surface area contributed by atoms with Gasteiger partial charge in [0.15, 0.2) is 0 Å². The zero-order valence-electron chi connectivity index (χ0n) is 20.0. The lowest BCUT2D eigenvalue weighted by Crippen LogP contribution is -2.51. The van der Waals surface area contributed by atoms with Crippen LogP contribution in [0, 0.1) is 6.92 Å². The van der Waals surface area contributed by atoms with Crippen LogP contribution in [0.15, 0.2) is 78.9 Å². The number of amides is 2. The van der Waals surface area contributed by atoms with Crippen LogP contribution in [0.5, 0.6) is 0 Å². The second-order valence-corrected chi connectivity index (χ2v) is 9.04. The number of unbranched alkanes of at least 4 members (excludes halogenated alkanes) is 1. The van der Waals surface area contributed by atoms with Gasteiger partial charge in [-0.2, -0.15) is 0 Å². The Morgan fingerprint density at radius 1 is 0.941 bits per heavy atom. The van der Waals surface area contributed by atoms with E-state index in [1.165, 1.54) is 0 Å². The third-order valence-electron chi connectivity index (χ3n) is 5.95. The molecule has 1 unspecified atom stereocenters. The molecule has 0 bridgehead atoms. The van der Waals surface area contributed by atoms with Crippen molar-refractivity contribution in [1.29, 1.82) is 0 Å². The van der Waals surface area contributed by atoms with E-state index in [4.69, 9.17) is 11.6 Å². The predicted octanol–water partition coefficient (Wildman–Crippen LogP) is 5.75. The molecule has 0 aliphatic heterocycles. The van der Waals surface area contributed by atoms with Gasteiger partial charge < -0.3 is 10.2 Å². The van der Waals surface area contributed by atoms with Crippen LogP contribution in [-0.2, 0) is 29.0 Å². The largest absolute Gasteiger partial charge is 0.354 e. The highest BCUT2D eigenvalue weighted by molar-refractivity contribution is 6.30. The molecule has 5 heteroatoms. The highest BCUT2D eigenvalue weighted by atomic mass is 35.5. The summed E-state index contributed by atoms with van der Waals surface area (Å²) < 4.78 is 0. The summed E-state index contributed by atoms with van der Waals surface area (Å²) >= 11 is 6.16. The van der Waals surface area contributed by atoms with Crippen molar-refractivity contribution in [2.75, 3.05) is 6.54 Å². The van der Waals surface area contributed by atoms with E-state index in [1.807, 2.05) is 73.7 Å². The maximum absolute atomic E-state index is 13.7. The number of hydrogen-bond acceptors (Lipinski definition) is 2. The Balaban J connectivity index is 1.95. The molecule has 178 valence electrons. The normalized spacial score (nSPS) is 11.6. The average Bonchev–Trinajstić information content (AvgIpc) is 2.83. The van der Waals surface area contributed by atoms with Crippen LogP contribution < -0.4 is 5.32 Å². The summed E-state index contributed by atoms with van der Waals surface area (Å²) in [6.07, 6.45) is 2.52. The number of benzene rings is 3. The summed E-state index contributed by atoms with van der Waals surface area (Å²) in [7, 11) is 0. The van der Waals surface area contributed by atoms with Gasteiger partial charge in [0, 0.05) is 24.5 Å². The van der Waals surface area contributed by atoms with Crippen LogP contribution in [0.1, 0.15) is 42.0 Å². The van der Waals surface area contributed by atoms with Crippen LogP contribution in [-0.4, -0.2) is 29.3 Å². The van der Waals surface area contributed by atoms with E-state index in [-0.39, 0.29) is 18.2 Å². The Labute approximate surface area is 207 Å². The number of halogens is 1. The van der Waals surface area contributed by atoms with Gasteiger partial charge in [-0.05, 0) is 47.7 Å². The molecular weight excluding hydrogens is 444 g/mol. The molecule has 4 nitrogen and oxygen atoms in total. The average molecular weight is 477 g/mol. The van der Waals surface area contributed by atoms with Crippen LogP contribution in [0.25, 0.3) is 0 Å². The van der Waals surface area contributed by atoms with E-state index in [0.29, 0.717) is 24.5 Å². The summed E-state index contributed by atoms with van der Waals surface area (Å²) in [6.45, 7) is 5.08. The van der Waals surface area contributed by atoms with E-state index >= 15 is 0 Å². The molecule has 3 aromatic carbocycles. The predicted molar refractivity (Wildman–Crippen MR) is 139 cm³/mol. The lowest BCUT2D eigenvalue weighted by Gasteiger charge is -2.32. The molecule has 0 aliphatic rings. The molecule has 0 heterocycles. The highest BCUT2D eigenvalue weighted by Crippen LogP contribution is 2.19. The summed E-state index contributed by atoms with van der Waals surface area (Å²) in [5.74, 6) is -0.220. The Kier molecular flexibility index (Phi) is 9.72. The Bertz CT molecular complexity index is 1080. The van der Waals surface area contributed by atoms with Crippen molar-refractivity contribution in [2.45, 2.75) is 52.1 Å². The van der Waals surface area contributed by atoms with E-state index in [0.717, 1.165) is 35.1 Å². The Morgan fingerprint density at radius 2 is 1.65 bits per heavy atom. The summed E-state index contributed by atoms with van der Waals surface area (Å²) in [5.41, 5.74) is 3.97. The molecule has 0 saturated heterocycles. The standard InChI is InChI=1S/C29H33ClN2O2/c1-3-4-17-31-29(34)27(19-23-12-6-5-7-13-23)32(21-25-15-9-8-11-22(25)2)28(33)20-24-14-10-16-26(30)18-24/h5-16,18,27H,3-4,17,19-21H2,1-2H3,(H,31,34). The lowest BCUT2D eigenvalue weighted by molar-refractivity contribution is -0.140. The molecule has 0 spiro atoms. The molecule has 1 N–H and O–H groups in total. The van der Waals surface area contributed by atoms with Crippen LogP contribution in [0.4, 0.5) is 0 Å². The van der Waals surface area contributed by atoms with Crippen molar-refractivity contribution in [3.8, 4) is 0 Å². The molecule has 0 radical (unpaired) electrons. The van der Waals surface area contributed by atoms with Gasteiger partial charge in [-0.1, -0.05) is 91.7 Å². The Hall–Kier alpha value is -3.11. The number of rotatable bonds is 11. The van der Waals surface area contributed by atoms with Crippen LogP contribution >= 0.6 is 11.6 Å². The fourth-order valence-electron chi connectivity index (χ4n) is 3.95. The summed E-state index contributed by atoms with van der Waals surface area (Å²) in [6, 6.07) is 24.6. The molecule has 3 rings (SSSR count). The third kappa shape index (κ3) is 7.46. The number of hydrogen-bond donors (Lipinski definition) is 1. The van der Waals surface area contributed by atoms with Crippen molar-refractivity contribution in [1.82, 2.24) is 10.2 Å². The Morgan fingerprint density at radius 3 is 2.35 bits per heavy atom. The third-order valence-corrected chi connectivity index (χ3v) is 6.18. The smallest absolute Gasteiger partial charge is 0.243 e. The molecular formula is C29H33ClN2O2. The second kappa shape index (κ2) is 13.0. The van der Waals surface area contributed by atoms with Crippen molar-refractivity contribution in [3.05, 3.63) is 106 Å². The first-order chi connectivity index (χ1) is 16.5. The molecule has 0 aromatic heterocycles. The SMILES string of the molecule is CCCCNC(=O)C(Cc1ccccc1)N(Cc1ccccc1C)C(=O)Cc1cccc(Cl)c1. The molecule has 0 aliphatic carbocycles. The van der Waals surface area contributed by atoms with Gasteiger partial charge >= 0.3 is 0 Å². The summed E-state index contributed by atoms with van der Waals surface area (Å²) in [4.78, 5) is 28.9. The van der Waals surface area contributed by atoms with E-state index in [9.17, 15) is 9.59 Å². The maximum atomic E-state index is 13.7. The summed E-state index contributed by atoms with van der Waals surface area (Å²) in [5, 5.41) is 3.65. The van der Waals surface area contributed by atoms with E-state index in [2.05, 4.69) is 12.2 Å². The second-order valence-electron chi connectivity index (χ2n) is 8.60. The molecule has 34 heavy (non-hydrogen) atoms. The van der Waals surface area contributed by atoms with Crippen molar-refractivity contribution in [2.24, 2.45) is 0 Å². The minimum atomic E-state index is -0.620. The minimum Gasteiger partial charge on any atom is -0.354 e. The molecule has 1 atom stereocenters. The maximum Gasteiger partial charge on any atom is 0.243 e. The van der Waals surface area contributed by atoms with Gasteiger partial charge in [-0.15, -0.1) is 0 Å². The van der Waals surface area contributed by atoms with E-state index < -0.39 is 6.04 Å². The van der Waals surface area contributed by atoms with Crippen LogP contribution in [0.2, 0.25) is 5.02 Å². The molecule has 2 amide bonds. The zero-order valence-corrected chi connectivity index (χ0v) is 20.7. The van der Waals surface area contributed by atoms with Gasteiger partial charge in [0.05, 0.1) is 6.42 Å². The molecule has 0 fully saturated rings. The van der Waals surface area contributed by atoms with E-state index in [1.54, 1.807) is 17.0 Å².